The van der Waals surface area contributed by atoms with Gasteiger partial charge in [-0.2, -0.15) is 0 Å². The van der Waals surface area contributed by atoms with Gasteiger partial charge in [-0.1, -0.05) is 0 Å². The summed E-state index contributed by atoms with van der Waals surface area (Å²) >= 11 is 0.00199. The molecule has 2 aliphatic heterocycles. The summed E-state index contributed by atoms with van der Waals surface area (Å²) in [5.41, 5.74) is 3.74. The average Bonchev–Trinajstić information content (AvgIpc) is 2.50. The molecule has 3 rings (SSSR count). The van der Waals surface area contributed by atoms with Crippen molar-refractivity contribution in [3.05, 3.63) is 44.9 Å². The van der Waals surface area contributed by atoms with Gasteiger partial charge in [-0.3, -0.25) is 0 Å². The Balaban J connectivity index is 2.07. The second-order valence-corrected chi connectivity index (χ2v) is 6.83. The summed E-state index contributed by atoms with van der Waals surface area (Å²) in [6.45, 7) is 2.21. The zero-order valence-corrected chi connectivity index (χ0v) is 11.2. The topological polar surface area (TPSA) is 24.7 Å². The molecular weight excluding hydrogens is 311 g/mol. The molecule has 0 N–H and O–H groups in total. The third-order valence-electron chi connectivity index (χ3n) is 2.87. The first kappa shape index (κ1) is 10.2. The first-order valence-electron chi connectivity index (χ1n) is 5.33. The number of allylic oxidation sites excluding steroid dienone is 5. The summed E-state index contributed by atoms with van der Waals surface area (Å²) in [6.07, 6.45) is 11.6. The van der Waals surface area contributed by atoms with E-state index in [-0.39, 0.29) is 27.1 Å². The molecule has 2 heterocycles. The van der Waals surface area contributed by atoms with Crippen molar-refractivity contribution >= 4 is 10.4 Å². The maximum absolute atomic E-state index is 4.67. The van der Waals surface area contributed by atoms with Crippen LogP contribution in [0.5, 0.6) is 0 Å². The molecule has 1 atom stereocenters. The van der Waals surface area contributed by atoms with Crippen LogP contribution in [-0.2, 0) is 0 Å². The number of nitrogens with zero attached hydrogens (tertiary/aromatic N) is 2. The van der Waals surface area contributed by atoms with Crippen molar-refractivity contribution in [1.29, 1.82) is 0 Å². The molecule has 0 saturated carbocycles. The molecule has 0 saturated heterocycles. The van der Waals surface area contributed by atoms with Gasteiger partial charge in [-0.15, -0.1) is 0 Å². The molecule has 16 heavy (non-hydrogen) atoms. The summed E-state index contributed by atoms with van der Waals surface area (Å²) in [5.74, 6) is 0.288. The van der Waals surface area contributed by atoms with Gasteiger partial charge in [0.15, 0.2) is 0 Å². The van der Waals surface area contributed by atoms with Crippen LogP contribution < -0.4 is 21.2 Å². The van der Waals surface area contributed by atoms with E-state index in [1.54, 1.807) is 0 Å². The summed E-state index contributed by atoms with van der Waals surface area (Å²) in [6, 6.07) is 0. The van der Waals surface area contributed by atoms with Crippen LogP contribution in [0.15, 0.2) is 54.8 Å². The molecule has 0 bridgehead atoms. The van der Waals surface area contributed by atoms with E-state index in [2.05, 4.69) is 39.4 Å². The van der Waals surface area contributed by atoms with Crippen molar-refractivity contribution in [2.75, 3.05) is 0 Å². The normalized spacial score (nSPS) is 27.4. The molecule has 0 aromatic heterocycles. The Morgan fingerprint density at radius 3 is 3.25 bits per heavy atom. The van der Waals surface area contributed by atoms with Crippen LogP contribution in [-0.4, -0.2) is 10.4 Å². The predicted octanol–water partition coefficient (Wildman–Crippen LogP) is -0.180. The third-order valence-corrected chi connectivity index (χ3v) is 4.72. The van der Waals surface area contributed by atoms with Gasteiger partial charge in [0.1, 0.15) is 0 Å². The Hall–Kier alpha value is -0.970. The molecule has 2 nitrogen and oxygen atoms in total. The predicted molar refractivity (Wildman–Crippen MR) is 63.1 cm³/mol. The van der Waals surface area contributed by atoms with Gasteiger partial charge in [-0.05, 0) is 0 Å². The van der Waals surface area contributed by atoms with Crippen LogP contribution in [0, 0.1) is 5.92 Å². The number of fused-ring (bicyclic) bond motifs is 2. The van der Waals surface area contributed by atoms with Gasteiger partial charge in [0.25, 0.3) is 0 Å². The van der Waals surface area contributed by atoms with E-state index < -0.39 is 0 Å². The van der Waals surface area contributed by atoms with E-state index in [0.717, 1.165) is 12.1 Å². The standard InChI is InChI=1S/C13H12IN2/c1-9-7-10-4-5-12-11(3-2-6-15-12)13(10)16-8-14-9/h2-3,5-8,11H,4H2,1H3/q-1. The number of hydrogen-bond donors (Lipinski definition) is 0. The summed E-state index contributed by atoms with van der Waals surface area (Å²) in [5, 5.41) is 0. The van der Waals surface area contributed by atoms with Gasteiger partial charge in [0.05, 0.1) is 0 Å². The summed E-state index contributed by atoms with van der Waals surface area (Å²) in [7, 11) is 0. The van der Waals surface area contributed by atoms with Gasteiger partial charge in [0, 0.05) is 0 Å². The van der Waals surface area contributed by atoms with Crippen molar-refractivity contribution in [3.8, 4) is 0 Å². The Labute approximate surface area is 106 Å². The molecule has 0 aromatic rings. The molecule has 1 unspecified atom stereocenters. The second-order valence-electron chi connectivity index (χ2n) is 3.95. The van der Waals surface area contributed by atoms with Crippen LogP contribution in [0.2, 0.25) is 0 Å². The number of hydrogen-bond acceptors (Lipinski definition) is 2. The second kappa shape index (κ2) is 4.13. The zero-order valence-electron chi connectivity index (χ0n) is 9.02. The number of dihydropyridines is 1. The van der Waals surface area contributed by atoms with Crippen LogP contribution in [0.1, 0.15) is 13.3 Å². The first-order valence-corrected chi connectivity index (χ1v) is 7.65. The molecule has 82 valence electrons. The van der Waals surface area contributed by atoms with E-state index in [4.69, 9.17) is 0 Å². The average molecular weight is 323 g/mol. The first-order chi connectivity index (χ1) is 7.84. The van der Waals surface area contributed by atoms with Crippen molar-refractivity contribution in [2.45, 2.75) is 13.3 Å². The molecule has 3 aliphatic rings. The van der Waals surface area contributed by atoms with Crippen LogP contribution in [0.3, 0.4) is 0 Å². The van der Waals surface area contributed by atoms with Crippen molar-refractivity contribution in [2.24, 2.45) is 15.9 Å². The molecule has 0 radical (unpaired) electrons. The molecule has 3 heteroatoms. The minimum absolute atomic E-state index is 0.00199. The quantitative estimate of drug-likeness (QED) is 0.553. The van der Waals surface area contributed by atoms with Crippen LogP contribution in [0.25, 0.3) is 0 Å². The van der Waals surface area contributed by atoms with E-state index in [9.17, 15) is 0 Å². The van der Waals surface area contributed by atoms with Gasteiger partial charge >= 0.3 is 106 Å². The Morgan fingerprint density at radius 2 is 2.31 bits per heavy atom. The van der Waals surface area contributed by atoms with E-state index in [1.807, 2.05) is 12.3 Å². The van der Waals surface area contributed by atoms with Crippen LogP contribution >= 0.6 is 0 Å². The number of halogens is 1. The fraction of sp³-hybridized carbons (Fsp3) is 0.231. The van der Waals surface area contributed by atoms with E-state index >= 15 is 0 Å². The van der Waals surface area contributed by atoms with Crippen molar-refractivity contribution < 1.29 is 21.2 Å². The molecular formula is C13H12IN2-. The maximum atomic E-state index is 4.67. The molecule has 0 fully saturated rings. The molecule has 0 aromatic carbocycles. The Morgan fingerprint density at radius 1 is 1.38 bits per heavy atom. The number of rotatable bonds is 0. The SMILES string of the molecule is CC1=CC2=C(N=C[I-]1)C1C=CC=NC1=CC2. The van der Waals surface area contributed by atoms with E-state index in [1.165, 1.54) is 14.8 Å². The Kier molecular flexibility index (Phi) is 2.63. The third kappa shape index (κ3) is 1.73. The summed E-state index contributed by atoms with van der Waals surface area (Å²) < 4.78 is 3.62. The fourth-order valence-corrected chi connectivity index (χ4v) is 3.55. The molecule has 0 spiro atoms. The molecule has 1 aliphatic carbocycles. The monoisotopic (exact) mass is 323 g/mol. The van der Waals surface area contributed by atoms with Crippen LogP contribution in [0.4, 0.5) is 0 Å². The van der Waals surface area contributed by atoms with Gasteiger partial charge in [0.2, 0.25) is 0 Å². The minimum atomic E-state index is 0.00199. The van der Waals surface area contributed by atoms with Gasteiger partial charge in [-0.25, -0.2) is 0 Å². The van der Waals surface area contributed by atoms with Crippen molar-refractivity contribution in [3.63, 3.8) is 0 Å². The zero-order chi connectivity index (χ0) is 11.0. The fourth-order valence-electron chi connectivity index (χ4n) is 2.12. The summed E-state index contributed by atoms with van der Waals surface area (Å²) in [4.78, 5) is 9.09. The van der Waals surface area contributed by atoms with Gasteiger partial charge < -0.3 is 0 Å². The Bertz CT molecular complexity index is 504. The number of aliphatic imine (C=N–C) groups is 2. The van der Waals surface area contributed by atoms with Crippen molar-refractivity contribution in [1.82, 2.24) is 0 Å². The molecule has 0 amide bonds. The van der Waals surface area contributed by atoms with E-state index in [0.29, 0.717) is 0 Å².